The summed E-state index contributed by atoms with van der Waals surface area (Å²) in [5.41, 5.74) is 3.80. The summed E-state index contributed by atoms with van der Waals surface area (Å²) in [5, 5.41) is 0. The van der Waals surface area contributed by atoms with E-state index in [0.29, 0.717) is 0 Å². The van der Waals surface area contributed by atoms with Crippen molar-refractivity contribution >= 4 is 0 Å². The average Bonchev–Trinajstić information content (AvgIpc) is 2.42. The molecule has 0 atom stereocenters. The quantitative estimate of drug-likeness (QED) is 0.539. The Morgan fingerprint density at radius 1 is 0.650 bits per heavy atom. The van der Waals surface area contributed by atoms with Gasteiger partial charge in [-0.25, -0.2) is 9.97 Å². The molecule has 0 bridgehead atoms. The van der Waals surface area contributed by atoms with E-state index in [2.05, 4.69) is 27.7 Å². The van der Waals surface area contributed by atoms with E-state index in [1.165, 1.54) is 68.3 Å². The van der Waals surface area contributed by atoms with Gasteiger partial charge in [-0.1, -0.05) is 52.4 Å². The number of nitrogens with zero attached hydrogens (tertiary/aromatic N) is 2. The van der Waals surface area contributed by atoms with Crippen molar-refractivity contribution in [2.75, 3.05) is 0 Å². The number of unbranched alkanes of at least 4 members (excludes halogenated alkanes) is 6. The molecule has 0 aliphatic rings. The summed E-state index contributed by atoms with van der Waals surface area (Å²) in [5.74, 6) is 1.05. The van der Waals surface area contributed by atoms with Crippen LogP contribution in [0, 0.1) is 13.8 Å². The number of aryl methyl sites for hydroxylation is 3. The van der Waals surface area contributed by atoms with E-state index in [0.717, 1.165) is 18.7 Å². The van der Waals surface area contributed by atoms with E-state index < -0.39 is 0 Å². The van der Waals surface area contributed by atoms with Crippen molar-refractivity contribution < 1.29 is 0 Å². The van der Waals surface area contributed by atoms with Crippen molar-refractivity contribution in [3.8, 4) is 0 Å². The molecule has 2 heteroatoms. The van der Waals surface area contributed by atoms with Gasteiger partial charge in [0.1, 0.15) is 5.82 Å². The highest BCUT2D eigenvalue weighted by Crippen LogP contribution is 2.15. The second kappa shape index (κ2) is 9.90. The summed E-state index contributed by atoms with van der Waals surface area (Å²) in [4.78, 5) is 9.44. The van der Waals surface area contributed by atoms with Crippen LogP contribution in [0.4, 0.5) is 0 Å². The molecule has 0 aliphatic heterocycles. The van der Waals surface area contributed by atoms with Crippen molar-refractivity contribution in [3.05, 3.63) is 22.8 Å². The lowest BCUT2D eigenvalue weighted by Gasteiger charge is -2.11. The maximum atomic E-state index is 4.72. The van der Waals surface area contributed by atoms with Crippen molar-refractivity contribution in [1.29, 1.82) is 0 Å². The molecular formula is C18H32N2. The van der Waals surface area contributed by atoms with Crippen LogP contribution in [0.2, 0.25) is 0 Å². The molecule has 114 valence electrons. The summed E-state index contributed by atoms with van der Waals surface area (Å²) >= 11 is 0. The predicted octanol–water partition coefficient (Wildman–Crippen LogP) is 5.34. The molecule has 0 N–H and O–H groups in total. The maximum absolute atomic E-state index is 4.72. The Bertz CT molecular complexity index is 362. The van der Waals surface area contributed by atoms with Gasteiger partial charge in [-0.15, -0.1) is 0 Å². The molecule has 1 heterocycles. The zero-order valence-electron chi connectivity index (χ0n) is 14.0. The minimum atomic E-state index is 1.04. The van der Waals surface area contributed by atoms with Gasteiger partial charge in [-0.3, -0.25) is 0 Å². The van der Waals surface area contributed by atoms with Gasteiger partial charge in [0.25, 0.3) is 0 Å². The summed E-state index contributed by atoms with van der Waals surface area (Å²) in [6, 6.07) is 0. The Morgan fingerprint density at radius 3 is 1.65 bits per heavy atom. The molecule has 0 amide bonds. The molecule has 0 saturated carbocycles. The lowest BCUT2D eigenvalue weighted by atomic mass is 10.0. The second-order valence-electron chi connectivity index (χ2n) is 5.91. The van der Waals surface area contributed by atoms with Gasteiger partial charge in [0.2, 0.25) is 0 Å². The molecule has 0 spiro atoms. The SMILES string of the molecule is CCCCCCc1nc(C)c(CCCCCC)c(C)n1. The zero-order valence-corrected chi connectivity index (χ0v) is 14.0. The van der Waals surface area contributed by atoms with Crippen LogP contribution in [0.1, 0.15) is 88.0 Å². The van der Waals surface area contributed by atoms with Crippen LogP contribution in [-0.2, 0) is 12.8 Å². The predicted molar refractivity (Wildman–Crippen MR) is 87.2 cm³/mol. The van der Waals surface area contributed by atoms with Crippen molar-refractivity contribution in [1.82, 2.24) is 9.97 Å². The van der Waals surface area contributed by atoms with Crippen LogP contribution in [0.15, 0.2) is 0 Å². The van der Waals surface area contributed by atoms with Gasteiger partial charge >= 0.3 is 0 Å². The lowest BCUT2D eigenvalue weighted by Crippen LogP contribution is -2.05. The minimum Gasteiger partial charge on any atom is -0.238 e. The fraction of sp³-hybridized carbons (Fsp3) is 0.778. The zero-order chi connectivity index (χ0) is 14.8. The fourth-order valence-corrected chi connectivity index (χ4v) is 2.72. The van der Waals surface area contributed by atoms with E-state index in [9.17, 15) is 0 Å². The number of rotatable bonds is 10. The molecule has 0 aromatic carbocycles. The first-order valence-corrected chi connectivity index (χ1v) is 8.52. The van der Waals surface area contributed by atoms with Crippen LogP contribution >= 0.6 is 0 Å². The van der Waals surface area contributed by atoms with Crippen LogP contribution in [0.5, 0.6) is 0 Å². The van der Waals surface area contributed by atoms with E-state index in [-0.39, 0.29) is 0 Å². The summed E-state index contributed by atoms with van der Waals surface area (Å²) < 4.78 is 0. The van der Waals surface area contributed by atoms with Gasteiger partial charge in [-0.2, -0.15) is 0 Å². The van der Waals surface area contributed by atoms with Crippen LogP contribution in [0.3, 0.4) is 0 Å². The third-order valence-corrected chi connectivity index (χ3v) is 4.00. The molecule has 0 saturated heterocycles. The van der Waals surface area contributed by atoms with Gasteiger partial charge in [0.05, 0.1) is 0 Å². The summed E-state index contributed by atoms with van der Waals surface area (Å²) in [7, 11) is 0. The highest BCUT2D eigenvalue weighted by atomic mass is 14.9. The highest BCUT2D eigenvalue weighted by Gasteiger charge is 2.08. The monoisotopic (exact) mass is 276 g/mol. The van der Waals surface area contributed by atoms with Crippen molar-refractivity contribution in [2.24, 2.45) is 0 Å². The van der Waals surface area contributed by atoms with Crippen LogP contribution in [-0.4, -0.2) is 9.97 Å². The normalized spacial score (nSPS) is 11.0. The molecule has 1 rings (SSSR count). The van der Waals surface area contributed by atoms with E-state index >= 15 is 0 Å². The summed E-state index contributed by atoms with van der Waals surface area (Å²) in [6.07, 6.45) is 12.6. The molecule has 0 aliphatic carbocycles. The standard InChI is InChI=1S/C18H32N2/c1-5-7-9-11-13-17-15(3)19-18(20-16(17)4)14-12-10-8-6-2/h5-14H2,1-4H3. The first-order chi connectivity index (χ1) is 9.69. The molecule has 2 nitrogen and oxygen atoms in total. The minimum absolute atomic E-state index is 1.04. The topological polar surface area (TPSA) is 25.8 Å². The van der Waals surface area contributed by atoms with E-state index in [4.69, 9.17) is 9.97 Å². The largest absolute Gasteiger partial charge is 0.238 e. The smallest absolute Gasteiger partial charge is 0.128 e. The molecule has 0 unspecified atom stereocenters. The van der Waals surface area contributed by atoms with Gasteiger partial charge in [0, 0.05) is 17.8 Å². The Morgan fingerprint density at radius 2 is 1.15 bits per heavy atom. The Labute approximate surface area is 125 Å². The molecule has 1 aromatic rings. The maximum Gasteiger partial charge on any atom is 0.128 e. The van der Waals surface area contributed by atoms with E-state index in [1.807, 2.05) is 0 Å². The lowest BCUT2D eigenvalue weighted by molar-refractivity contribution is 0.641. The van der Waals surface area contributed by atoms with Crippen LogP contribution in [0.25, 0.3) is 0 Å². The number of hydrogen-bond donors (Lipinski definition) is 0. The van der Waals surface area contributed by atoms with Gasteiger partial charge in [-0.05, 0) is 38.7 Å². The molecule has 0 radical (unpaired) electrons. The molecule has 0 fully saturated rings. The van der Waals surface area contributed by atoms with Gasteiger partial charge < -0.3 is 0 Å². The molecule has 1 aromatic heterocycles. The Balaban J connectivity index is 2.52. The Hall–Kier alpha value is -0.920. The van der Waals surface area contributed by atoms with Crippen LogP contribution < -0.4 is 0 Å². The van der Waals surface area contributed by atoms with E-state index in [1.54, 1.807) is 0 Å². The summed E-state index contributed by atoms with van der Waals surface area (Å²) in [6.45, 7) is 8.81. The average molecular weight is 276 g/mol. The first kappa shape index (κ1) is 17.1. The second-order valence-corrected chi connectivity index (χ2v) is 5.91. The number of aromatic nitrogens is 2. The van der Waals surface area contributed by atoms with Gasteiger partial charge in [0.15, 0.2) is 0 Å². The number of hydrogen-bond acceptors (Lipinski definition) is 2. The molecule has 20 heavy (non-hydrogen) atoms. The van der Waals surface area contributed by atoms with Crippen molar-refractivity contribution in [3.63, 3.8) is 0 Å². The van der Waals surface area contributed by atoms with Crippen molar-refractivity contribution in [2.45, 2.75) is 91.9 Å². The third-order valence-electron chi connectivity index (χ3n) is 4.00. The third kappa shape index (κ3) is 6.02. The fourth-order valence-electron chi connectivity index (χ4n) is 2.72. The highest BCUT2D eigenvalue weighted by molar-refractivity contribution is 5.24. The Kier molecular flexibility index (Phi) is 8.48. The first-order valence-electron chi connectivity index (χ1n) is 8.52. The molecular weight excluding hydrogens is 244 g/mol.